The van der Waals surface area contributed by atoms with E-state index < -0.39 is 6.10 Å². The molecule has 3 rings (SSSR count). The summed E-state index contributed by atoms with van der Waals surface area (Å²) in [6.45, 7) is 0. The molecular weight excluding hydrogens is 234 g/mol. The van der Waals surface area contributed by atoms with Gasteiger partial charge in [0.05, 0.1) is 11.8 Å². The van der Waals surface area contributed by atoms with E-state index in [9.17, 15) is 5.11 Å². The lowest BCUT2D eigenvalue weighted by Crippen LogP contribution is -2.36. The highest BCUT2D eigenvalue weighted by molar-refractivity contribution is 5.28. The molecule has 0 amide bonds. The average Bonchev–Trinajstić information content (AvgIpc) is 2.44. The van der Waals surface area contributed by atoms with Crippen LogP contribution in [0.5, 0.6) is 0 Å². The van der Waals surface area contributed by atoms with E-state index in [0.29, 0.717) is 0 Å². The molecule has 1 saturated carbocycles. The maximum absolute atomic E-state index is 10.4. The van der Waals surface area contributed by atoms with Crippen LogP contribution in [-0.4, -0.2) is 10.1 Å². The molecule has 1 aromatic heterocycles. The fourth-order valence-corrected chi connectivity index (χ4v) is 3.05. The first kappa shape index (κ1) is 12.4. The Morgan fingerprint density at radius 3 is 2.37 bits per heavy atom. The quantitative estimate of drug-likeness (QED) is 0.902. The molecule has 0 radical (unpaired) electrons. The molecule has 1 heterocycles. The molecule has 2 nitrogen and oxygen atoms in total. The Labute approximate surface area is 114 Å². The molecule has 0 spiro atoms. The summed E-state index contributed by atoms with van der Waals surface area (Å²) in [5, 5.41) is 10.4. The van der Waals surface area contributed by atoms with Gasteiger partial charge in [0, 0.05) is 6.20 Å². The first-order valence-electron chi connectivity index (χ1n) is 6.95. The van der Waals surface area contributed by atoms with Gasteiger partial charge in [0.1, 0.15) is 0 Å². The Balaban J connectivity index is 1.81. The number of aromatic nitrogens is 1. The van der Waals surface area contributed by atoms with Crippen molar-refractivity contribution in [2.24, 2.45) is 0 Å². The maximum atomic E-state index is 10.4. The van der Waals surface area contributed by atoms with Gasteiger partial charge >= 0.3 is 0 Å². The normalized spacial score (nSPS) is 18.6. The highest BCUT2D eigenvalue weighted by Crippen LogP contribution is 2.49. The van der Waals surface area contributed by atoms with Gasteiger partial charge in [-0.3, -0.25) is 4.98 Å². The van der Waals surface area contributed by atoms with Gasteiger partial charge < -0.3 is 5.11 Å². The van der Waals surface area contributed by atoms with E-state index in [0.717, 1.165) is 12.1 Å². The topological polar surface area (TPSA) is 33.1 Å². The summed E-state index contributed by atoms with van der Waals surface area (Å²) in [7, 11) is 0. The standard InChI is InChI=1S/C17H19NO/c19-16(15-9-4-5-12-18-15)13-17(10-6-11-17)14-7-2-1-3-8-14/h1-5,7-9,12,16,19H,6,10-11,13H2/t16-/m0/s1. The smallest absolute Gasteiger partial charge is 0.0968 e. The van der Waals surface area contributed by atoms with Gasteiger partial charge in [-0.05, 0) is 42.4 Å². The van der Waals surface area contributed by atoms with E-state index in [1.807, 2.05) is 24.3 Å². The highest BCUT2D eigenvalue weighted by Gasteiger charge is 2.40. The molecule has 0 aliphatic heterocycles. The van der Waals surface area contributed by atoms with Crippen LogP contribution in [-0.2, 0) is 5.41 Å². The monoisotopic (exact) mass is 253 g/mol. The molecule has 1 N–H and O–H groups in total. The summed E-state index contributed by atoms with van der Waals surface area (Å²) in [5.74, 6) is 0. The van der Waals surface area contributed by atoms with Crippen LogP contribution < -0.4 is 0 Å². The molecule has 0 saturated heterocycles. The van der Waals surface area contributed by atoms with Crippen LogP contribution in [0.3, 0.4) is 0 Å². The third kappa shape index (κ3) is 2.41. The van der Waals surface area contributed by atoms with Gasteiger partial charge in [-0.2, -0.15) is 0 Å². The number of aliphatic hydroxyl groups is 1. The molecule has 98 valence electrons. The Morgan fingerprint density at radius 1 is 1.05 bits per heavy atom. The van der Waals surface area contributed by atoms with Crippen LogP contribution in [0.2, 0.25) is 0 Å². The number of hydrogen-bond acceptors (Lipinski definition) is 2. The Hall–Kier alpha value is -1.67. The first-order valence-corrected chi connectivity index (χ1v) is 6.95. The minimum absolute atomic E-state index is 0.151. The Kier molecular flexibility index (Phi) is 3.34. The largest absolute Gasteiger partial charge is 0.387 e. The van der Waals surface area contributed by atoms with Crippen molar-refractivity contribution in [1.29, 1.82) is 0 Å². The molecule has 1 aliphatic carbocycles. The molecule has 1 aliphatic rings. The molecule has 0 unspecified atom stereocenters. The van der Waals surface area contributed by atoms with Crippen LogP contribution >= 0.6 is 0 Å². The van der Waals surface area contributed by atoms with Gasteiger partial charge in [-0.15, -0.1) is 0 Å². The minimum Gasteiger partial charge on any atom is -0.387 e. The predicted molar refractivity (Wildman–Crippen MR) is 75.8 cm³/mol. The highest BCUT2D eigenvalue weighted by atomic mass is 16.3. The summed E-state index contributed by atoms with van der Waals surface area (Å²) < 4.78 is 0. The van der Waals surface area contributed by atoms with E-state index in [2.05, 4.69) is 29.2 Å². The average molecular weight is 253 g/mol. The molecule has 1 atom stereocenters. The summed E-state index contributed by atoms with van der Waals surface area (Å²) in [4.78, 5) is 4.26. The fraction of sp³-hybridized carbons (Fsp3) is 0.353. The van der Waals surface area contributed by atoms with Gasteiger partial charge in [0.2, 0.25) is 0 Å². The lowest BCUT2D eigenvalue weighted by atomic mass is 9.61. The van der Waals surface area contributed by atoms with E-state index in [4.69, 9.17) is 0 Å². The number of rotatable bonds is 4. The minimum atomic E-state index is -0.471. The summed E-state index contributed by atoms with van der Waals surface area (Å²) >= 11 is 0. The third-order valence-corrected chi connectivity index (χ3v) is 4.31. The van der Waals surface area contributed by atoms with Crippen molar-refractivity contribution >= 4 is 0 Å². The van der Waals surface area contributed by atoms with E-state index >= 15 is 0 Å². The van der Waals surface area contributed by atoms with Crippen molar-refractivity contribution in [3.63, 3.8) is 0 Å². The molecule has 19 heavy (non-hydrogen) atoms. The molecule has 2 heteroatoms. The Morgan fingerprint density at radius 2 is 1.79 bits per heavy atom. The fourth-order valence-electron chi connectivity index (χ4n) is 3.05. The predicted octanol–water partition coefficient (Wildman–Crippen LogP) is 3.63. The zero-order valence-electron chi connectivity index (χ0n) is 11.0. The zero-order chi connectivity index (χ0) is 13.1. The van der Waals surface area contributed by atoms with Crippen molar-refractivity contribution in [3.05, 3.63) is 66.0 Å². The summed E-state index contributed by atoms with van der Waals surface area (Å²) in [6.07, 6.45) is 5.63. The van der Waals surface area contributed by atoms with Crippen molar-refractivity contribution in [1.82, 2.24) is 4.98 Å². The lowest BCUT2D eigenvalue weighted by Gasteiger charge is -2.43. The first-order chi connectivity index (χ1) is 9.30. The van der Waals surface area contributed by atoms with Gasteiger partial charge in [0.25, 0.3) is 0 Å². The van der Waals surface area contributed by atoms with Gasteiger partial charge in [-0.1, -0.05) is 42.8 Å². The number of aliphatic hydroxyl groups excluding tert-OH is 1. The van der Waals surface area contributed by atoms with Crippen molar-refractivity contribution in [3.8, 4) is 0 Å². The molecular formula is C17H19NO. The van der Waals surface area contributed by atoms with Crippen molar-refractivity contribution < 1.29 is 5.11 Å². The number of benzene rings is 1. The van der Waals surface area contributed by atoms with Crippen LogP contribution in [0.25, 0.3) is 0 Å². The van der Waals surface area contributed by atoms with E-state index in [-0.39, 0.29) is 5.41 Å². The number of nitrogens with zero attached hydrogens (tertiary/aromatic N) is 1. The molecule has 0 bridgehead atoms. The number of hydrogen-bond donors (Lipinski definition) is 1. The number of pyridine rings is 1. The van der Waals surface area contributed by atoms with Crippen LogP contribution in [0.15, 0.2) is 54.7 Å². The lowest BCUT2D eigenvalue weighted by molar-refractivity contribution is 0.0913. The molecule has 2 aromatic rings. The van der Waals surface area contributed by atoms with E-state index in [1.54, 1.807) is 6.20 Å². The third-order valence-electron chi connectivity index (χ3n) is 4.31. The van der Waals surface area contributed by atoms with Crippen LogP contribution in [0, 0.1) is 0 Å². The van der Waals surface area contributed by atoms with Gasteiger partial charge in [-0.25, -0.2) is 0 Å². The second-order valence-electron chi connectivity index (χ2n) is 5.47. The SMILES string of the molecule is O[C@@H](CC1(c2ccccc2)CCC1)c1ccccn1. The Bertz CT molecular complexity index is 519. The van der Waals surface area contributed by atoms with Gasteiger partial charge in [0.15, 0.2) is 0 Å². The summed E-state index contributed by atoms with van der Waals surface area (Å²) in [6, 6.07) is 16.3. The zero-order valence-corrected chi connectivity index (χ0v) is 11.0. The van der Waals surface area contributed by atoms with Crippen LogP contribution in [0.1, 0.15) is 43.0 Å². The second kappa shape index (κ2) is 5.14. The second-order valence-corrected chi connectivity index (χ2v) is 5.47. The van der Waals surface area contributed by atoms with Crippen molar-refractivity contribution in [2.45, 2.75) is 37.2 Å². The maximum Gasteiger partial charge on any atom is 0.0968 e. The van der Waals surface area contributed by atoms with Crippen molar-refractivity contribution in [2.75, 3.05) is 0 Å². The summed E-state index contributed by atoms with van der Waals surface area (Å²) in [5.41, 5.74) is 2.29. The molecule has 1 aromatic carbocycles. The molecule has 1 fully saturated rings. The van der Waals surface area contributed by atoms with Crippen LogP contribution in [0.4, 0.5) is 0 Å². The van der Waals surface area contributed by atoms with E-state index in [1.165, 1.54) is 24.8 Å².